The lowest BCUT2D eigenvalue weighted by Crippen LogP contribution is -2.49. The first-order valence-corrected chi connectivity index (χ1v) is 7.84. The molecule has 2 fully saturated rings. The Balaban J connectivity index is 1.80. The van der Waals surface area contributed by atoms with Gasteiger partial charge in [0, 0.05) is 25.7 Å². The first-order valence-electron chi connectivity index (χ1n) is 7.84. The number of rotatable bonds is 4. The van der Waals surface area contributed by atoms with E-state index >= 15 is 0 Å². The first kappa shape index (κ1) is 14.8. The van der Waals surface area contributed by atoms with Gasteiger partial charge in [-0.25, -0.2) is 0 Å². The summed E-state index contributed by atoms with van der Waals surface area (Å²) >= 11 is 0. The number of hydrogen-bond donors (Lipinski definition) is 0. The van der Waals surface area contributed by atoms with Crippen molar-refractivity contribution >= 4 is 5.91 Å². The minimum absolute atomic E-state index is 0.310. The lowest BCUT2D eigenvalue weighted by Gasteiger charge is -2.37. The molecule has 0 saturated carbocycles. The zero-order chi connectivity index (χ0) is 13.7. The summed E-state index contributed by atoms with van der Waals surface area (Å²) in [6, 6.07) is 0.425. The molecule has 2 aliphatic heterocycles. The summed E-state index contributed by atoms with van der Waals surface area (Å²) in [5.74, 6) is 0.310. The second-order valence-electron chi connectivity index (χ2n) is 5.89. The summed E-state index contributed by atoms with van der Waals surface area (Å²) in [7, 11) is 0. The van der Waals surface area contributed by atoms with E-state index in [-0.39, 0.29) is 0 Å². The van der Waals surface area contributed by atoms with E-state index in [9.17, 15) is 4.79 Å². The normalized spacial score (nSPS) is 29.5. The molecule has 0 bridgehead atoms. The molecule has 4 nitrogen and oxygen atoms in total. The van der Waals surface area contributed by atoms with Gasteiger partial charge in [-0.3, -0.25) is 9.69 Å². The molecule has 2 rings (SSSR count). The van der Waals surface area contributed by atoms with E-state index in [0.29, 0.717) is 24.6 Å². The maximum atomic E-state index is 12.4. The van der Waals surface area contributed by atoms with Crippen molar-refractivity contribution in [3.8, 4) is 0 Å². The largest absolute Gasteiger partial charge is 0.377 e. The zero-order valence-electron chi connectivity index (χ0n) is 12.4. The topological polar surface area (TPSA) is 32.8 Å². The van der Waals surface area contributed by atoms with Gasteiger partial charge in [0.2, 0.25) is 5.91 Å². The molecule has 0 spiro atoms. The Labute approximate surface area is 117 Å². The fraction of sp³-hybridized carbons (Fsp3) is 0.933. The molecule has 2 saturated heterocycles. The second kappa shape index (κ2) is 7.25. The number of piperidine rings is 2. The second-order valence-corrected chi connectivity index (χ2v) is 5.89. The number of likely N-dealkylation sites (tertiary alicyclic amines) is 2. The van der Waals surface area contributed by atoms with Crippen LogP contribution in [0.3, 0.4) is 0 Å². The van der Waals surface area contributed by atoms with Crippen LogP contribution in [0.1, 0.15) is 46.0 Å². The SMILES string of the molecule is CCOC1CCCN(CC(=O)N2CCCCC2C)C1. The molecule has 2 aliphatic rings. The molecular weight excluding hydrogens is 240 g/mol. The zero-order valence-corrected chi connectivity index (χ0v) is 12.4. The minimum atomic E-state index is 0.310. The fourth-order valence-electron chi connectivity index (χ4n) is 3.28. The van der Waals surface area contributed by atoms with Crippen LogP contribution in [0.2, 0.25) is 0 Å². The van der Waals surface area contributed by atoms with Gasteiger partial charge < -0.3 is 9.64 Å². The van der Waals surface area contributed by atoms with E-state index in [0.717, 1.165) is 51.9 Å². The maximum absolute atomic E-state index is 12.4. The highest BCUT2D eigenvalue weighted by Crippen LogP contribution is 2.18. The number of carbonyl (C=O) groups is 1. The molecule has 110 valence electrons. The fourth-order valence-corrected chi connectivity index (χ4v) is 3.28. The Bertz CT molecular complexity index is 294. The molecule has 0 radical (unpaired) electrons. The Kier molecular flexibility index (Phi) is 5.64. The van der Waals surface area contributed by atoms with Crippen molar-refractivity contribution in [3.05, 3.63) is 0 Å². The number of ether oxygens (including phenoxy) is 1. The summed E-state index contributed by atoms with van der Waals surface area (Å²) in [4.78, 5) is 16.7. The van der Waals surface area contributed by atoms with Gasteiger partial charge in [0.05, 0.1) is 12.6 Å². The highest BCUT2D eigenvalue weighted by atomic mass is 16.5. The minimum Gasteiger partial charge on any atom is -0.377 e. The van der Waals surface area contributed by atoms with Crippen LogP contribution in [0, 0.1) is 0 Å². The summed E-state index contributed by atoms with van der Waals surface area (Å²) in [5, 5.41) is 0. The van der Waals surface area contributed by atoms with Gasteiger partial charge in [0.25, 0.3) is 0 Å². The Morgan fingerprint density at radius 3 is 2.79 bits per heavy atom. The van der Waals surface area contributed by atoms with Crippen LogP contribution in [-0.2, 0) is 9.53 Å². The number of amides is 1. The molecule has 1 amide bonds. The maximum Gasteiger partial charge on any atom is 0.236 e. The third-order valence-electron chi connectivity index (χ3n) is 4.35. The summed E-state index contributed by atoms with van der Waals surface area (Å²) in [6.45, 7) is 8.47. The van der Waals surface area contributed by atoms with Gasteiger partial charge in [0.1, 0.15) is 0 Å². The van der Waals surface area contributed by atoms with Gasteiger partial charge >= 0.3 is 0 Å². The predicted octanol–water partition coefficient (Wildman–Crippen LogP) is 1.89. The highest BCUT2D eigenvalue weighted by Gasteiger charge is 2.27. The molecule has 0 aromatic heterocycles. The molecule has 2 unspecified atom stereocenters. The molecular formula is C15H28N2O2. The van der Waals surface area contributed by atoms with Crippen molar-refractivity contribution in [3.63, 3.8) is 0 Å². The average molecular weight is 268 g/mol. The van der Waals surface area contributed by atoms with Gasteiger partial charge in [-0.2, -0.15) is 0 Å². The van der Waals surface area contributed by atoms with E-state index in [4.69, 9.17) is 4.74 Å². The summed E-state index contributed by atoms with van der Waals surface area (Å²) < 4.78 is 5.69. The van der Waals surface area contributed by atoms with Crippen LogP contribution in [0.5, 0.6) is 0 Å². The first-order chi connectivity index (χ1) is 9.20. The van der Waals surface area contributed by atoms with E-state index < -0.39 is 0 Å². The van der Waals surface area contributed by atoms with E-state index in [1.165, 1.54) is 6.42 Å². The van der Waals surface area contributed by atoms with Crippen molar-refractivity contribution in [1.82, 2.24) is 9.80 Å². The quantitative estimate of drug-likeness (QED) is 0.780. The Morgan fingerprint density at radius 2 is 2.05 bits per heavy atom. The van der Waals surface area contributed by atoms with Gasteiger partial charge in [0.15, 0.2) is 0 Å². The molecule has 0 N–H and O–H groups in total. The van der Waals surface area contributed by atoms with E-state index in [1.54, 1.807) is 0 Å². The lowest BCUT2D eigenvalue weighted by atomic mass is 10.0. The molecule has 19 heavy (non-hydrogen) atoms. The van der Waals surface area contributed by atoms with Crippen molar-refractivity contribution < 1.29 is 9.53 Å². The molecule has 4 heteroatoms. The third kappa shape index (κ3) is 4.18. The molecule has 0 aliphatic carbocycles. The highest BCUT2D eigenvalue weighted by molar-refractivity contribution is 5.78. The molecule has 2 atom stereocenters. The Hall–Kier alpha value is -0.610. The van der Waals surface area contributed by atoms with Crippen molar-refractivity contribution in [2.24, 2.45) is 0 Å². The number of hydrogen-bond acceptors (Lipinski definition) is 3. The average Bonchev–Trinajstić information content (AvgIpc) is 2.40. The third-order valence-corrected chi connectivity index (χ3v) is 4.35. The van der Waals surface area contributed by atoms with Gasteiger partial charge in [-0.15, -0.1) is 0 Å². The van der Waals surface area contributed by atoms with E-state index in [1.807, 2.05) is 6.92 Å². The van der Waals surface area contributed by atoms with Crippen LogP contribution in [0.25, 0.3) is 0 Å². The number of carbonyl (C=O) groups excluding carboxylic acids is 1. The predicted molar refractivity (Wildman–Crippen MR) is 76.1 cm³/mol. The van der Waals surface area contributed by atoms with Gasteiger partial charge in [-0.05, 0) is 52.5 Å². The summed E-state index contributed by atoms with van der Waals surface area (Å²) in [6.07, 6.45) is 6.20. The Morgan fingerprint density at radius 1 is 1.21 bits per heavy atom. The van der Waals surface area contributed by atoms with E-state index in [2.05, 4.69) is 16.7 Å². The number of nitrogens with zero attached hydrogens (tertiary/aromatic N) is 2. The van der Waals surface area contributed by atoms with Crippen LogP contribution >= 0.6 is 0 Å². The lowest BCUT2D eigenvalue weighted by molar-refractivity contribution is -0.136. The van der Waals surface area contributed by atoms with Crippen LogP contribution in [-0.4, -0.2) is 60.6 Å². The van der Waals surface area contributed by atoms with Crippen molar-refractivity contribution in [1.29, 1.82) is 0 Å². The van der Waals surface area contributed by atoms with Crippen molar-refractivity contribution in [2.75, 3.05) is 32.8 Å². The van der Waals surface area contributed by atoms with Crippen LogP contribution in [0.4, 0.5) is 0 Å². The van der Waals surface area contributed by atoms with Crippen LogP contribution in [0.15, 0.2) is 0 Å². The van der Waals surface area contributed by atoms with Gasteiger partial charge in [-0.1, -0.05) is 0 Å². The van der Waals surface area contributed by atoms with Crippen molar-refractivity contribution in [2.45, 2.75) is 58.1 Å². The van der Waals surface area contributed by atoms with Crippen LogP contribution < -0.4 is 0 Å². The summed E-state index contributed by atoms with van der Waals surface area (Å²) in [5.41, 5.74) is 0. The molecule has 0 aromatic carbocycles. The molecule has 0 aromatic rings. The molecule has 2 heterocycles. The standard InChI is InChI=1S/C15H28N2O2/c1-3-19-14-8-6-9-16(11-14)12-15(18)17-10-5-4-7-13(17)2/h13-14H,3-12H2,1-2H3. The smallest absolute Gasteiger partial charge is 0.236 e. The monoisotopic (exact) mass is 268 g/mol.